The van der Waals surface area contributed by atoms with Crippen molar-refractivity contribution in [1.82, 2.24) is 0 Å². The first-order valence-electron chi connectivity index (χ1n) is 4.91. The maximum absolute atomic E-state index is 11.8. The number of hydrogen-bond donors (Lipinski definition) is 1. The summed E-state index contributed by atoms with van der Waals surface area (Å²) in [7, 11) is 0. The summed E-state index contributed by atoms with van der Waals surface area (Å²) in [5.41, 5.74) is 6.20. The van der Waals surface area contributed by atoms with Gasteiger partial charge in [-0.1, -0.05) is 30.3 Å². The summed E-state index contributed by atoms with van der Waals surface area (Å²) in [5.74, 6) is -1.05. The number of benzene rings is 1. The Labute approximate surface area is 96.4 Å². The van der Waals surface area contributed by atoms with Crippen LogP contribution in [0.3, 0.4) is 0 Å². The molecule has 1 rings (SSSR count). The van der Waals surface area contributed by atoms with Crippen LogP contribution in [0, 0.1) is 0 Å². The smallest absolute Gasteiger partial charge is 0.422 e. The van der Waals surface area contributed by atoms with Crippen molar-refractivity contribution >= 4 is 5.97 Å². The van der Waals surface area contributed by atoms with Gasteiger partial charge in [0.2, 0.25) is 0 Å². The molecule has 6 heteroatoms. The maximum Gasteiger partial charge on any atom is 0.422 e. The van der Waals surface area contributed by atoms with E-state index in [9.17, 15) is 18.0 Å². The van der Waals surface area contributed by atoms with E-state index in [0.29, 0.717) is 0 Å². The molecule has 0 fully saturated rings. The van der Waals surface area contributed by atoms with Crippen LogP contribution in [0.15, 0.2) is 30.3 Å². The summed E-state index contributed by atoms with van der Waals surface area (Å²) in [5, 5.41) is 0. The number of ether oxygens (including phenoxy) is 1. The lowest BCUT2D eigenvalue weighted by Crippen LogP contribution is -2.36. The first-order valence-corrected chi connectivity index (χ1v) is 4.91. The number of esters is 1. The van der Waals surface area contributed by atoms with Crippen LogP contribution in [0.5, 0.6) is 0 Å². The number of carbonyl (C=O) groups excluding carboxylic acids is 1. The van der Waals surface area contributed by atoms with E-state index in [0.717, 1.165) is 5.56 Å². The zero-order chi connectivity index (χ0) is 12.9. The van der Waals surface area contributed by atoms with Crippen molar-refractivity contribution in [3.8, 4) is 0 Å². The number of halogens is 3. The second-order valence-electron chi connectivity index (χ2n) is 3.52. The Kier molecular flexibility index (Phi) is 4.51. The van der Waals surface area contributed by atoms with Gasteiger partial charge in [0.25, 0.3) is 0 Å². The minimum absolute atomic E-state index is 0.150. The average Bonchev–Trinajstić information content (AvgIpc) is 2.26. The third kappa shape index (κ3) is 5.35. The molecule has 0 radical (unpaired) electrons. The average molecular weight is 247 g/mol. The molecule has 2 N–H and O–H groups in total. The molecule has 0 bridgehead atoms. The van der Waals surface area contributed by atoms with Gasteiger partial charge < -0.3 is 10.5 Å². The number of nitrogens with two attached hydrogens (primary N) is 1. The van der Waals surface area contributed by atoms with E-state index in [1.807, 2.05) is 0 Å². The lowest BCUT2D eigenvalue weighted by molar-refractivity contribution is -0.187. The zero-order valence-electron chi connectivity index (χ0n) is 8.91. The fraction of sp³-hybridized carbons (Fsp3) is 0.364. The van der Waals surface area contributed by atoms with Crippen LogP contribution in [0.2, 0.25) is 0 Å². The quantitative estimate of drug-likeness (QED) is 0.823. The van der Waals surface area contributed by atoms with Crippen LogP contribution < -0.4 is 5.73 Å². The number of alkyl halides is 3. The zero-order valence-corrected chi connectivity index (χ0v) is 8.91. The van der Waals surface area contributed by atoms with E-state index in [-0.39, 0.29) is 6.42 Å². The fourth-order valence-electron chi connectivity index (χ4n) is 1.21. The Bertz CT molecular complexity index is 365. The summed E-state index contributed by atoms with van der Waals surface area (Å²) in [6.07, 6.45) is -4.38. The molecular weight excluding hydrogens is 235 g/mol. The molecule has 0 saturated heterocycles. The predicted octanol–water partition coefficient (Wildman–Crippen LogP) is 1.66. The van der Waals surface area contributed by atoms with Crippen LogP contribution in [-0.4, -0.2) is 24.8 Å². The number of rotatable bonds is 4. The van der Waals surface area contributed by atoms with E-state index in [1.165, 1.54) is 0 Å². The highest BCUT2D eigenvalue weighted by molar-refractivity contribution is 5.75. The minimum atomic E-state index is -4.53. The van der Waals surface area contributed by atoms with Gasteiger partial charge in [-0.05, 0) is 12.0 Å². The Balaban J connectivity index is 2.43. The highest BCUT2D eigenvalue weighted by Gasteiger charge is 2.30. The number of carbonyl (C=O) groups is 1. The Hall–Kier alpha value is -1.56. The molecule has 1 aromatic carbocycles. The summed E-state index contributed by atoms with van der Waals surface area (Å²) < 4.78 is 39.4. The highest BCUT2D eigenvalue weighted by atomic mass is 19.4. The van der Waals surface area contributed by atoms with Crippen molar-refractivity contribution in [3.63, 3.8) is 0 Å². The van der Waals surface area contributed by atoms with Crippen molar-refractivity contribution < 1.29 is 22.7 Å². The minimum Gasteiger partial charge on any atom is -0.455 e. The molecule has 0 saturated carbocycles. The third-order valence-electron chi connectivity index (χ3n) is 1.98. The molecule has 17 heavy (non-hydrogen) atoms. The largest absolute Gasteiger partial charge is 0.455 e. The van der Waals surface area contributed by atoms with Gasteiger partial charge in [0.1, 0.15) is 6.04 Å². The van der Waals surface area contributed by atoms with Gasteiger partial charge >= 0.3 is 12.1 Å². The van der Waals surface area contributed by atoms with Gasteiger partial charge in [0.05, 0.1) is 0 Å². The van der Waals surface area contributed by atoms with E-state index >= 15 is 0 Å². The Morgan fingerprint density at radius 3 is 2.41 bits per heavy atom. The second-order valence-corrected chi connectivity index (χ2v) is 3.52. The van der Waals surface area contributed by atoms with Gasteiger partial charge in [0, 0.05) is 0 Å². The van der Waals surface area contributed by atoms with Crippen LogP contribution in [0.25, 0.3) is 0 Å². The van der Waals surface area contributed by atoms with Crippen molar-refractivity contribution in [2.75, 3.05) is 6.61 Å². The fourth-order valence-corrected chi connectivity index (χ4v) is 1.21. The van der Waals surface area contributed by atoms with Crippen molar-refractivity contribution in [3.05, 3.63) is 35.9 Å². The summed E-state index contributed by atoms with van der Waals surface area (Å²) in [4.78, 5) is 11.1. The second kappa shape index (κ2) is 5.67. The Morgan fingerprint density at radius 2 is 1.88 bits per heavy atom. The summed E-state index contributed by atoms with van der Waals surface area (Å²) >= 11 is 0. The standard InChI is InChI=1S/C11H12F3NO2/c12-11(13,14)7-17-10(16)9(15)6-8-4-2-1-3-5-8/h1-5,9H,6-7,15H2/t9-/m1/s1. The molecule has 0 unspecified atom stereocenters. The molecule has 0 aliphatic heterocycles. The normalized spacial score (nSPS) is 13.2. The molecule has 1 atom stereocenters. The molecule has 3 nitrogen and oxygen atoms in total. The van der Waals surface area contributed by atoms with E-state index < -0.39 is 24.8 Å². The molecule has 0 heterocycles. The van der Waals surface area contributed by atoms with Crippen LogP contribution in [-0.2, 0) is 16.0 Å². The topological polar surface area (TPSA) is 52.3 Å². The molecule has 0 spiro atoms. The van der Waals surface area contributed by atoms with Crippen LogP contribution in [0.4, 0.5) is 13.2 Å². The van der Waals surface area contributed by atoms with Gasteiger partial charge in [-0.25, -0.2) is 0 Å². The maximum atomic E-state index is 11.8. The van der Waals surface area contributed by atoms with E-state index in [2.05, 4.69) is 4.74 Å². The molecular formula is C11H12F3NO2. The van der Waals surface area contributed by atoms with Crippen LogP contribution >= 0.6 is 0 Å². The summed E-state index contributed by atoms with van der Waals surface area (Å²) in [6.45, 7) is -1.60. The molecule has 0 aliphatic carbocycles. The molecule has 0 amide bonds. The van der Waals surface area contributed by atoms with Crippen molar-refractivity contribution in [2.45, 2.75) is 18.6 Å². The molecule has 1 aromatic rings. The van der Waals surface area contributed by atoms with Gasteiger partial charge in [-0.2, -0.15) is 13.2 Å². The highest BCUT2D eigenvalue weighted by Crippen LogP contribution is 2.15. The first kappa shape index (κ1) is 13.5. The van der Waals surface area contributed by atoms with Crippen molar-refractivity contribution in [2.24, 2.45) is 5.73 Å². The van der Waals surface area contributed by atoms with E-state index in [1.54, 1.807) is 30.3 Å². The predicted molar refractivity (Wildman–Crippen MR) is 55.1 cm³/mol. The molecule has 94 valence electrons. The van der Waals surface area contributed by atoms with Gasteiger partial charge in [-0.3, -0.25) is 4.79 Å². The SMILES string of the molecule is N[C@H](Cc1ccccc1)C(=O)OCC(F)(F)F. The first-order chi connectivity index (χ1) is 7.88. The third-order valence-corrected chi connectivity index (χ3v) is 1.98. The van der Waals surface area contributed by atoms with Crippen molar-refractivity contribution in [1.29, 1.82) is 0 Å². The lowest BCUT2D eigenvalue weighted by atomic mass is 10.1. The Morgan fingerprint density at radius 1 is 1.29 bits per heavy atom. The van der Waals surface area contributed by atoms with Gasteiger partial charge in [-0.15, -0.1) is 0 Å². The monoisotopic (exact) mass is 247 g/mol. The number of hydrogen-bond acceptors (Lipinski definition) is 3. The van der Waals surface area contributed by atoms with Gasteiger partial charge in [0.15, 0.2) is 6.61 Å². The lowest BCUT2D eigenvalue weighted by Gasteiger charge is -2.12. The molecule has 0 aliphatic rings. The van der Waals surface area contributed by atoms with E-state index in [4.69, 9.17) is 5.73 Å². The summed E-state index contributed by atoms with van der Waals surface area (Å²) in [6, 6.07) is 7.68. The molecule has 0 aromatic heterocycles. The van der Waals surface area contributed by atoms with Crippen LogP contribution in [0.1, 0.15) is 5.56 Å².